The number of aromatic amines is 1. The fourth-order valence-electron chi connectivity index (χ4n) is 2.81. The lowest BCUT2D eigenvalue weighted by Gasteiger charge is -2.12. The SMILES string of the molecule is COc1ccc(-c2cc(-c3ccc(Cl)cc3Cl)[nH+]c(N)c2C#N)cc1OC. The zero-order valence-corrected chi connectivity index (χ0v) is 16.2. The van der Waals surface area contributed by atoms with Crippen LogP contribution in [0.1, 0.15) is 5.56 Å². The maximum Gasteiger partial charge on any atom is 0.289 e. The first-order valence-corrected chi connectivity index (χ1v) is 8.67. The smallest absolute Gasteiger partial charge is 0.289 e. The fourth-order valence-corrected chi connectivity index (χ4v) is 3.32. The van der Waals surface area contributed by atoms with Crippen LogP contribution < -0.4 is 20.2 Å². The zero-order chi connectivity index (χ0) is 19.6. The van der Waals surface area contributed by atoms with Gasteiger partial charge in [0, 0.05) is 16.1 Å². The lowest BCUT2D eigenvalue weighted by molar-refractivity contribution is -0.346. The van der Waals surface area contributed by atoms with Crippen molar-refractivity contribution in [2.75, 3.05) is 20.0 Å². The van der Waals surface area contributed by atoms with Crippen LogP contribution in [0, 0.1) is 11.3 Å². The number of methoxy groups -OCH3 is 2. The Labute approximate surface area is 166 Å². The molecule has 0 aliphatic heterocycles. The van der Waals surface area contributed by atoms with E-state index in [1.807, 2.05) is 12.1 Å². The Bertz CT molecular complexity index is 1060. The summed E-state index contributed by atoms with van der Waals surface area (Å²) in [7, 11) is 3.12. The lowest BCUT2D eigenvalue weighted by Crippen LogP contribution is -2.16. The minimum absolute atomic E-state index is 0.241. The molecular formula is C20H16Cl2N3O2+. The van der Waals surface area contributed by atoms with Gasteiger partial charge in [-0.1, -0.05) is 29.3 Å². The van der Waals surface area contributed by atoms with Crippen molar-refractivity contribution in [1.82, 2.24) is 0 Å². The van der Waals surface area contributed by atoms with Crippen molar-refractivity contribution < 1.29 is 14.5 Å². The number of pyridine rings is 1. The van der Waals surface area contributed by atoms with Gasteiger partial charge in [0.25, 0.3) is 5.82 Å². The van der Waals surface area contributed by atoms with Crippen molar-refractivity contribution in [3.8, 4) is 40.0 Å². The number of H-pyrrole nitrogens is 1. The van der Waals surface area contributed by atoms with Gasteiger partial charge in [0.2, 0.25) is 0 Å². The number of anilines is 1. The summed E-state index contributed by atoms with van der Waals surface area (Å²) in [6.45, 7) is 0. The van der Waals surface area contributed by atoms with E-state index in [2.05, 4.69) is 11.1 Å². The Balaban J connectivity index is 2.24. The second kappa shape index (κ2) is 7.75. The second-order valence-electron chi connectivity index (χ2n) is 5.69. The summed E-state index contributed by atoms with van der Waals surface area (Å²) in [6, 6.07) is 14.6. The number of aromatic nitrogens is 1. The Hall–Kier alpha value is -2.94. The first-order chi connectivity index (χ1) is 13.0. The fraction of sp³-hybridized carbons (Fsp3) is 0.100. The molecular weight excluding hydrogens is 385 g/mol. The van der Waals surface area contributed by atoms with Gasteiger partial charge in [-0.2, -0.15) is 5.26 Å². The molecule has 3 N–H and O–H groups in total. The van der Waals surface area contributed by atoms with E-state index >= 15 is 0 Å². The predicted molar refractivity (Wildman–Crippen MR) is 106 cm³/mol. The van der Waals surface area contributed by atoms with Crippen molar-refractivity contribution in [2.24, 2.45) is 0 Å². The molecule has 0 saturated heterocycles. The first kappa shape index (κ1) is 18.8. The molecule has 2 aromatic carbocycles. The monoisotopic (exact) mass is 400 g/mol. The molecule has 136 valence electrons. The number of nitriles is 1. The van der Waals surface area contributed by atoms with Gasteiger partial charge in [-0.25, -0.2) is 4.98 Å². The Morgan fingerprint density at radius 2 is 1.70 bits per heavy atom. The Kier molecular flexibility index (Phi) is 5.41. The number of nitrogen functional groups attached to an aromatic ring is 1. The normalized spacial score (nSPS) is 10.3. The maximum atomic E-state index is 9.59. The average molecular weight is 401 g/mol. The van der Waals surface area contributed by atoms with Gasteiger partial charge < -0.3 is 9.47 Å². The highest BCUT2D eigenvalue weighted by atomic mass is 35.5. The molecule has 27 heavy (non-hydrogen) atoms. The molecule has 0 saturated carbocycles. The van der Waals surface area contributed by atoms with Crippen LogP contribution in [-0.4, -0.2) is 14.2 Å². The quantitative estimate of drug-likeness (QED) is 0.692. The molecule has 0 bridgehead atoms. The van der Waals surface area contributed by atoms with Crippen molar-refractivity contribution in [2.45, 2.75) is 0 Å². The molecule has 0 aliphatic carbocycles. The highest BCUT2D eigenvalue weighted by Gasteiger charge is 2.19. The van der Waals surface area contributed by atoms with Crippen LogP contribution in [0.3, 0.4) is 0 Å². The molecule has 7 heteroatoms. The van der Waals surface area contributed by atoms with E-state index in [9.17, 15) is 5.26 Å². The summed E-state index contributed by atoms with van der Waals surface area (Å²) in [6.07, 6.45) is 0. The first-order valence-electron chi connectivity index (χ1n) is 7.92. The lowest BCUT2D eigenvalue weighted by atomic mass is 9.98. The summed E-state index contributed by atoms with van der Waals surface area (Å²) in [4.78, 5) is 3.04. The zero-order valence-electron chi connectivity index (χ0n) is 14.6. The number of benzene rings is 2. The van der Waals surface area contributed by atoms with E-state index in [4.69, 9.17) is 38.4 Å². The molecule has 5 nitrogen and oxygen atoms in total. The van der Waals surface area contributed by atoms with Gasteiger partial charge in [0.05, 0.1) is 19.2 Å². The minimum atomic E-state index is 0.241. The van der Waals surface area contributed by atoms with Gasteiger partial charge in [0.1, 0.15) is 17.3 Å². The number of ether oxygens (including phenoxy) is 2. The topological polar surface area (TPSA) is 82.4 Å². The van der Waals surface area contributed by atoms with E-state index in [-0.39, 0.29) is 5.82 Å². The van der Waals surface area contributed by atoms with Crippen LogP contribution >= 0.6 is 23.2 Å². The molecule has 0 aliphatic rings. The van der Waals surface area contributed by atoms with E-state index in [0.717, 1.165) is 11.1 Å². The van der Waals surface area contributed by atoms with Gasteiger partial charge in [-0.3, -0.25) is 5.73 Å². The number of rotatable bonds is 4. The molecule has 0 unspecified atom stereocenters. The standard InChI is InChI=1S/C20H15Cl2N3O2/c1-26-18-6-3-11(7-19(18)27-2)14-9-17(25-20(24)15(14)10-23)13-5-4-12(21)8-16(13)22/h3-9H,1-2H3,(H2,24,25)/p+1. The van der Waals surface area contributed by atoms with E-state index in [0.29, 0.717) is 38.4 Å². The Morgan fingerprint density at radius 1 is 0.963 bits per heavy atom. The molecule has 1 heterocycles. The highest BCUT2D eigenvalue weighted by Crippen LogP contribution is 2.36. The molecule has 0 fully saturated rings. The van der Waals surface area contributed by atoms with Crippen molar-refractivity contribution in [3.63, 3.8) is 0 Å². The van der Waals surface area contributed by atoms with E-state index in [1.54, 1.807) is 44.6 Å². The molecule has 0 amide bonds. The van der Waals surface area contributed by atoms with Crippen LogP contribution in [0.25, 0.3) is 22.4 Å². The van der Waals surface area contributed by atoms with Crippen LogP contribution in [-0.2, 0) is 0 Å². The summed E-state index contributed by atoms with van der Waals surface area (Å²) in [5.74, 6) is 1.39. The predicted octanol–water partition coefficient (Wildman–Crippen LogP) is 4.61. The van der Waals surface area contributed by atoms with Gasteiger partial charge >= 0.3 is 0 Å². The third kappa shape index (κ3) is 3.63. The van der Waals surface area contributed by atoms with Crippen molar-refractivity contribution in [3.05, 3.63) is 58.1 Å². The number of hydrogen-bond acceptors (Lipinski definition) is 4. The molecule has 3 rings (SSSR count). The van der Waals surface area contributed by atoms with E-state index in [1.165, 1.54) is 0 Å². The van der Waals surface area contributed by atoms with E-state index < -0.39 is 0 Å². The number of nitrogens with zero attached hydrogens (tertiary/aromatic N) is 1. The van der Waals surface area contributed by atoms with Crippen LogP contribution in [0.4, 0.5) is 5.82 Å². The molecule has 1 aromatic heterocycles. The highest BCUT2D eigenvalue weighted by molar-refractivity contribution is 6.36. The average Bonchev–Trinajstić information content (AvgIpc) is 2.66. The maximum absolute atomic E-state index is 9.59. The number of hydrogen-bond donors (Lipinski definition) is 1. The summed E-state index contributed by atoms with van der Waals surface area (Å²) in [5.41, 5.74) is 9.24. The second-order valence-corrected chi connectivity index (χ2v) is 6.53. The molecule has 0 atom stereocenters. The largest absolute Gasteiger partial charge is 0.493 e. The molecule has 0 radical (unpaired) electrons. The van der Waals surface area contributed by atoms with Crippen molar-refractivity contribution in [1.29, 1.82) is 5.26 Å². The van der Waals surface area contributed by atoms with Gasteiger partial charge in [-0.15, -0.1) is 0 Å². The van der Waals surface area contributed by atoms with Crippen LogP contribution in [0.5, 0.6) is 11.5 Å². The summed E-state index contributed by atoms with van der Waals surface area (Å²) >= 11 is 12.3. The van der Waals surface area contributed by atoms with Gasteiger partial charge in [0.15, 0.2) is 11.5 Å². The number of nitrogens with one attached hydrogen (secondary N) is 1. The molecule has 0 spiro atoms. The summed E-state index contributed by atoms with van der Waals surface area (Å²) < 4.78 is 10.6. The summed E-state index contributed by atoms with van der Waals surface area (Å²) in [5, 5.41) is 10.6. The van der Waals surface area contributed by atoms with Gasteiger partial charge in [-0.05, 0) is 42.0 Å². The number of halogens is 2. The third-order valence-electron chi connectivity index (χ3n) is 4.12. The van der Waals surface area contributed by atoms with Crippen LogP contribution in [0.2, 0.25) is 10.0 Å². The number of nitrogens with two attached hydrogens (primary N) is 1. The third-order valence-corrected chi connectivity index (χ3v) is 4.67. The minimum Gasteiger partial charge on any atom is -0.493 e. The van der Waals surface area contributed by atoms with Crippen LogP contribution in [0.15, 0.2) is 42.5 Å². The Morgan fingerprint density at radius 3 is 2.33 bits per heavy atom. The molecule has 3 aromatic rings. The van der Waals surface area contributed by atoms with Crippen molar-refractivity contribution >= 4 is 29.0 Å².